The molecule has 0 spiro atoms. The second kappa shape index (κ2) is 11.7. The molecule has 10 rings (SSSR count). The second-order valence-corrected chi connectivity index (χ2v) is 14.0. The summed E-state index contributed by atoms with van der Waals surface area (Å²) >= 11 is 1.86. The van der Waals surface area contributed by atoms with Crippen LogP contribution in [-0.2, 0) is 0 Å². The molecule has 0 fully saturated rings. The molecule has 1 nitrogen and oxygen atoms in total. The first-order chi connectivity index (χ1) is 24.8. The van der Waals surface area contributed by atoms with Crippen LogP contribution in [0.15, 0.2) is 188 Å². The number of benzene rings is 9. The third kappa shape index (κ3) is 4.76. The quantitative estimate of drug-likeness (QED) is 0.167. The van der Waals surface area contributed by atoms with E-state index in [1.807, 2.05) is 11.3 Å². The maximum atomic E-state index is 2.36. The first-order valence-electron chi connectivity index (χ1n) is 17.1. The molecule has 0 aliphatic heterocycles. The van der Waals surface area contributed by atoms with Gasteiger partial charge in [0.05, 0.1) is 0 Å². The van der Waals surface area contributed by atoms with Crippen molar-refractivity contribution in [2.45, 2.75) is 0 Å². The molecule has 0 radical (unpaired) electrons. The Labute approximate surface area is 294 Å². The fourth-order valence-corrected chi connectivity index (χ4v) is 8.71. The van der Waals surface area contributed by atoms with Crippen molar-refractivity contribution in [2.24, 2.45) is 0 Å². The molecule has 0 unspecified atom stereocenters. The minimum absolute atomic E-state index is 1.12. The lowest BCUT2D eigenvalue weighted by Gasteiger charge is -2.26. The van der Waals surface area contributed by atoms with Crippen molar-refractivity contribution >= 4 is 80.9 Å². The van der Waals surface area contributed by atoms with Gasteiger partial charge in [0.25, 0.3) is 0 Å². The molecule has 10 aromatic rings. The van der Waals surface area contributed by atoms with Crippen molar-refractivity contribution in [2.75, 3.05) is 4.90 Å². The first-order valence-corrected chi connectivity index (χ1v) is 17.9. The standard InChI is InChI=1S/C48H31NS/c1-2-10-36(11-3-1)49(38-27-28-43-41-14-5-4-12-39(41)40-13-6-7-15-42(40)45(43)31-38)37-25-22-33(23-26-37)32-18-20-34(21-19-32)35-24-29-48-46(30-35)44-16-8-9-17-47(44)50-48/h1-31H. The molecule has 2 heteroatoms. The second-order valence-electron chi connectivity index (χ2n) is 12.9. The average molecular weight is 654 g/mol. The summed E-state index contributed by atoms with van der Waals surface area (Å²) in [5, 5.41) is 10.4. The van der Waals surface area contributed by atoms with E-state index >= 15 is 0 Å². The maximum absolute atomic E-state index is 2.36. The molecule has 0 amide bonds. The van der Waals surface area contributed by atoms with Crippen LogP contribution in [0.3, 0.4) is 0 Å². The summed E-state index contributed by atoms with van der Waals surface area (Å²) in [6, 6.07) is 68.6. The topological polar surface area (TPSA) is 3.24 Å². The molecule has 0 saturated carbocycles. The lowest BCUT2D eigenvalue weighted by atomic mass is 9.94. The van der Waals surface area contributed by atoms with Gasteiger partial charge in [-0.3, -0.25) is 0 Å². The van der Waals surface area contributed by atoms with Crippen molar-refractivity contribution in [1.82, 2.24) is 0 Å². The first kappa shape index (κ1) is 28.8. The van der Waals surface area contributed by atoms with E-state index in [0.717, 1.165) is 17.1 Å². The van der Waals surface area contributed by atoms with Crippen LogP contribution in [0.2, 0.25) is 0 Å². The largest absolute Gasteiger partial charge is 0.310 e. The van der Waals surface area contributed by atoms with E-state index in [-0.39, 0.29) is 0 Å². The van der Waals surface area contributed by atoms with Gasteiger partial charge in [-0.2, -0.15) is 0 Å². The van der Waals surface area contributed by atoms with Gasteiger partial charge in [-0.1, -0.05) is 133 Å². The Morgan fingerprint density at radius 1 is 0.260 bits per heavy atom. The summed E-state index contributed by atoms with van der Waals surface area (Å²) in [7, 11) is 0. The summed E-state index contributed by atoms with van der Waals surface area (Å²) < 4.78 is 2.67. The molecule has 0 bridgehead atoms. The van der Waals surface area contributed by atoms with E-state index in [2.05, 4.69) is 193 Å². The van der Waals surface area contributed by atoms with Gasteiger partial charge in [-0.05, 0) is 109 Å². The Hall–Kier alpha value is -6.22. The van der Waals surface area contributed by atoms with Crippen molar-refractivity contribution in [3.8, 4) is 22.3 Å². The zero-order valence-electron chi connectivity index (χ0n) is 27.3. The Kier molecular flexibility index (Phi) is 6.75. The number of rotatable bonds is 5. The van der Waals surface area contributed by atoms with E-state index in [0.29, 0.717) is 0 Å². The van der Waals surface area contributed by atoms with Crippen LogP contribution in [0.5, 0.6) is 0 Å². The van der Waals surface area contributed by atoms with Crippen LogP contribution in [0.4, 0.5) is 17.1 Å². The van der Waals surface area contributed by atoms with Crippen LogP contribution in [-0.4, -0.2) is 0 Å². The molecule has 1 aromatic heterocycles. The Bertz CT molecular complexity index is 2810. The molecule has 1 heterocycles. The average Bonchev–Trinajstić information content (AvgIpc) is 3.57. The molecular formula is C48H31NS. The fraction of sp³-hybridized carbons (Fsp3) is 0. The minimum Gasteiger partial charge on any atom is -0.310 e. The van der Waals surface area contributed by atoms with Gasteiger partial charge in [0.1, 0.15) is 0 Å². The summed E-state index contributed by atoms with van der Waals surface area (Å²) in [5.41, 5.74) is 8.27. The molecule has 0 atom stereocenters. The molecule has 9 aromatic carbocycles. The molecular weight excluding hydrogens is 623 g/mol. The third-order valence-electron chi connectivity index (χ3n) is 10.1. The zero-order chi connectivity index (χ0) is 33.0. The van der Waals surface area contributed by atoms with Crippen LogP contribution in [0.25, 0.3) is 74.7 Å². The highest BCUT2D eigenvalue weighted by molar-refractivity contribution is 7.25. The fourth-order valence-electron chi connectivity index (χ4n) is 7.62. The van der Waals surface area contributed by atoms with E-state index in [4.69, 9.17) is 0 Å². The predicted octanol–water partition coefficient (Wildman–Crippen LogP) is 14.3. The maximum Gasteiger partial charge on any atom is 0.0468 e. The molecule has 0 aliphatic rings. The van der Waals surface area contributed by atoms with Crippen molar-refractivity contribution in [3.05, 3.63) is 188 Å². The Morgan fingerprint density at radius 2 is 0.700 bits per heavy atom. The molecule has 50 heavy (non-hydrogen) atoms. The van der Waals surface area contributed by atoms with Crippen LogP contribution >= 0.6 is 11.3 Å². The monoisotopic (exact) mass is 653 g/mol. The van der Waals surface area contributed by atoms with Gasteiger partial charge < -0.3 is 4.90 Å². The third-order valence-corrected chi connectivity index (χ3v) is 11.2. The number of fused-ring (bicyclic) bond motifs is 9. The summed E-state index contributed by atoms with van der Waals surface area (Å²) in [4.78, 5) is 2.36. The predicted molar refractivity (Wildman–Crippen MR) is 217 cm³/mol. The number of hydrogen-bond acceptors (Lipinski definition) is 2. The number of hydrogen-bond donors (Lipinski definition) is 0. The van der Waals surface area contributed by atoms with Gasteiger partial charge >= 0.3 is 0 Å². The summed E-state index contributed by atoms with van der Waals surface area (Å²) in [6.07, 6.45) is 0. The van der Waals surface area contributed by atoms with Crippen molar-refractivity contribution in [1.29, 1.82) is 0 Å². The molecule has 0 N–H and O–H groups in total. The molecule has 0 aliphatic carbocycles. The van der Waals surface area contributed by atoms with Crippen molar-refractivity contribution < 1.29 is 0 Å². The van der Waals surface area contributed by atoms with E-state index in [9.17, 15) is 0 Å². The van der Waals surface area contributed by atoms with Gasteiger partial charge in [0.2, 0.25) is 0 Å². The zero-order valence-corrected chi connectivity index (χ0v) is 28.1. The van der Waals surface area contributed by atoms with Gasteiger partial charge in [0, 0.05) is 37.2 Å². The van der Waals surface area contributed by atoms with Gasteiger partial charge in [-0.25, -0.2) is 0 Å². The summed E-state index contributed by atoms with van der Waals surface area (Å²) in [5.74, 6) is 0. The number of anilines is 3. The molecule has 0 saturated heterocycles. The number of para-hydroxylation sites is 1. The van der Waals surface area contributed by atoms with Crippen LogP contribution < -0.4 is 4.90 Å². The highest BCUT2D eigenvalue weighted by Gasteiger charge is 2.16. The number of thiophene rings is 1. The highest BCUT2D eigenvalue weighted by atomic mass is 32.1. The van der Waals surface area contributed by atoms with Crippen molar-refractivity contribution in [3.63, 3.8) is 0 Å². The minimum atomic E-state index is 1.12. The Balaban J connectivity index is 1.02. The SMILES string of the molecule is c1ccc(N(c2ccc(-c3ccc(-c4ccc5sc6ccccc6c5c4)cc3)cc2)c2ccc3c4ccccc4c4ccccc4c3c2)cc1. The smallest absolute Gasteiger partial charge is 0.0468 e. The van der Waals surface area contributed by atoms with Crippen LogP contribution in [0, 0.1) is 0 Å². The van der Waals surface area contributed by atoms with E-state index in [1.165, 1.54) is 74.7 Å². The van der Waals surface area contributed by atoms with Gasteiger partial charge in [-0.15, -0.1) is 11.3 Å². The van der Waals surface area contributed by atoms with E-state index < -0.39 is 0 Å². The van der Waals surface area contributed by atoms with E-state index in [1.54, 1.807) is 0 Å². The molecule has 234 valence electrons. The van der Waals surface area contributed by atoms with Crippen LogP contribution in [0.1, 0.15) is 0 Å². The highest BCUT2D eigenvalue weighted by Crippen LogP contribution is 2.41. The lowest BCUT2D eigenvalue weighted by molar-refractivity contribution is 1.29. The lowest BCUT2D eigenvalue weighted by Crippen LogP contribution is -2.09. The number of nitrogens with zero attached hydrogens (tertiary/aromatic N) is 1. The normalized spacial score (nSPS) is 11.6. The van der Waals surface area contributed by atoms with Gasteiger partial charge in [0.15, 0.2) is 0 Å². The summed E-state index contributed by atoms with van der Waals surface area (Å²) in [6.45, 7) is 0. The Morgan fingerprint density at radius 3 is 1.36 bits per heavy atom.